The Morgan fingerprint density at radius 1 is 1.27 bits per heavy atom. The maximum atomic E-state index is 13.5. The van der Waals surface area contributed by atoms with Crippen LogP contribution in [-0.4, -0.2) is 18.1 Å². The third kappa shape index (κ3) is 2.64. The highest BCUT2D eigenvalue weighted by molar-refractivity contribution is 14.1. The van der Waals surface area contributed by atoms with Crippen molar-refractivity contribution in [3.05, 3.63) is 27.6 Å². The molecule has 0 amide bonds. The van der Waals surface area contributed by atoms with Crippen LogP contribution in [0.15, 0.2) is 28.5 Å². The van der Waals surface area contributed by atoms with Crippen LogP contribution in [0.5, 0.6) is 0 Å². The van der Waals surface area contributed by atoms with Gasteiger partial charge in [0.25, 0.3) is 0 Å². The van der Waals surface area contributed by atoms with Gasteiger partial charge in [0.05, 0.1) is 3.57 Å². The summed E-state index contributed by atoms with van der Waals surface area (Å²) in [7, 11) is 0. The molecule has 1 heterocycles. The zero-order chi connectivity index (χ0) is 10.7. The quantitative estimate of drug-likeness (QED) is 0.605. The van der Waals surface area contributed by atoms with Gasteiger partial charge in [0.15, 0.2) is 5.82 Å². The van der Waals surface area contributed by atoms with E-state index in [-0.39, 0.29) is 5.82 Å². The third-order valence-electron chi connectivity index (χ3n) is 2.29. The molecule has 0 radical (unpaired) electrons. The van der Waals surface area contributed by atoms with Crippen LogP contribution in [0.1, 0.15) is 12.8 Å². The van der Waals surface area contributed by atoms with Crippen molar-refractivity contribution in [1.29, 1.82) is 0 Å². The molecule has 5 heteroatoms. The summed E-state index contributed by atoms with van der Waals surface area (Å²) >= 11 is 1.95. The predicted octanol–water partition coefficient (Wildman–Crippen LogP) is 3.52. The summed E-state index contributed by atoms with van der Waals surface area (Å²) in [5, 5.41) is 9.80. The number of benzene rings is 1. The Labute approximate surface area is 101 Å². The van der Waals surface area contributed by atoms with E-state index in [0.717, 1.165) is 25.9 Å². The van der Waals surface area contributed by atoms with E-state index in [9.17, 15) is 4.39 Å². The molecule has 0 aromatic heterocycles. The lowest BCUT2D eigenvalue weighted by molar-refractivity contribution is 0.336. The first-order chi connectivity index (χ1) is 7.27. The molecule has 0 aliphatic carbocycles. The van der Waals surface area contributed by atoms with E-state index in [0.29, 0.717) is 9.26 Å². The van der Waals surface area contributed by atoms with Crippen molar-refractivity contribution in [3.8, 4) is 0 Å². The SMILES string of the molecule is Fc1c(I)cccc1N=NN1CCCC1. The average Bonchev–Trinajstić information content (AvgIpc) is 2.73. The Bertz CT molecular complexity index is 375. The molecule has 1 aromatic rings. The Balaban J connectivity index is 2.12. The van der Waals surface area contributed by atoms with Gasteiger partial charge in [-0.1, -0.05) is 11.3 Å². The fourth-order valence-electron chi connectivity index (χ4n) is 1.47. The van der Waals surface area contributed by atoms with E-state index in [1.165, 1.54) is 0 Å². The van der Waals surface area contributed by atoms with Crippen LogP contribution in [0.25, 0.3) is 0 Å². The normalized spacial score (nSPS) is 16.5. The van der Waals surface area contributed by atoms with Crippen LogP contribution >= 0.6 is 22.6 Å². The molecule has 1 saturated heterocycles. The molecule has 0 bridgehead atoms. The van der Waals surface area contributed by atoms with E-state index in [2.05, 4.69) is 10.3 Å². The van der Waals surface area contributed by atoms with Gasteiger partial charge in [0.2, 0.25) is 0 Å². The minimum absolute atomic E-state index is 0.291. The summed E-state index contributed by atoms with van der Waals surface area (Å²) in [6.45, 7) is 1.85. The zero-order valence-corrected chi connectivity index (χ0v) is 10.3. The summed E-state index contributed by atoms with van der Waals surface area (Å²) in [6, 6.07) is 5.13. The minimum atomic E-state index is -0.291. The van der Waals surface area contributed by atoms with E-state index < -0.39 is 0 Å². The van der Waals surface area contributed by atoms with Crippen LogP contribution in [0.4, 0.5) is 10.1 Å². The Morgan fingerprint density at radius 2 is 2.00 bits per heavy atom. The standard InChI is InChI=1S/C10H11FIN3/c11-10-8(12)4-3-5-9(10)13-14-15-6-1-2-7-15/h3-5H,1-2,6-7H2. The first-order valence-corrected chi connectivity index (χ1v) is 5.96. The molecule has 15 heavy (non-hydrogen) atoms. The first-order valence-electron chi connectivity index (χ1n) is 4.88. The van der Waals surface area contributed by atoms with Crippen molar-refractivity contribution in [2.24, 2.45) is 10.3 Å². The average molecular weight is 319 g/mol. The van der Waals surface area contributed by atoms with Gasteiger partial charge in [-0.3, -0.25) is 5.01 Å². The predicted molar refractivity (Wildman–Crippen MR) is 64.4 cm³/mol. The van der Waals surface area contributed by atoms with Gasteiger partial charge in [0, 0.05) is 13.1 Å². The molecule has 0 N–H and O–H groups in total. The second-order valence-electron chi connectivity index (χ2n) is 3.42. The lowest BCUT2D eigenvalue weighted by Gasteiger charge is -2.07. The fraction of sp³-hybridized carbons (Fsp3) is 0.400. The number of nitrogens with zero attached hydrogens (tertiary/aromatic N) is 3. The fourth-order valence-corrected chi connectivity index (χ4v) is 1.95. The van der Waals surface area contributed by atoms with Crippen LogP contribution in [0.2, 0.25) is 0 Å². The van der Waals surface area contributed by atoms with Crippen LogP contribution < -0.4 is 0 Å². The molecule has 80 valence electrons. The van der Waals surface area contributed by atoms with Crippen molar-refractivity contribution >= 4 is 28.3 Å². The highest BCUT2D eigenvalue weighted by atomic mass is 127. The van der Waals surface area contributed by atoms with Crippen molar-refractivity contribution in [2.75, 3.05) is 13.1 Å². The monoisotopic (exact) mass is 319 g/mol. The molecule has 0 atom stereocenters. The molecule has 1 aromatic carbocycles. The number of hydrogen-bond donors (Lipinski definition) is 0. The highest BCUT2D eigenvalue weighted by Crippen LogP contribution is 2.23. The highest BCUT2D eigenvalue weighted by Gasteiger charge is 2.09. The lowest BCUT2D eigenvalue weighted by Crippen LogP contribution is -2.09. The molecule has 3 nitrogen and oxygen atoms in total. The molecule has 0 spiro atoms. The van der Waals surface area contributed by atoms with E-state index in [1.807, 2.05) is 27.6 Å². The van der Waals surface area contributed by atoms with Gasteiger partial charge in [-0.25, -0.2) is 4.39 Å². The maximum Gasteiger partial charge on any atom is 0.164 e. The lowest BCUT2D eigenvalue weighted by atomic mass is 10.3. The molecule has 0 saturated carbocycles. The molecule has 0 unspecified atom stereocenters. The van der Waals surface area contributed by atoms with Crippen LogP contribution in [0, 0.1) is 9.39 Å². The van der Waals surface area contributed by atoms with Crippen molar-refractivity contribution < 1.29 is 4.39 Å². The van der Waals surface area contributed by atoms with Crippen LogP contribution in [-0.2, 0) is 0 Å². The third-order valence-corrected chi connectivity index (χ3v) is 3.13. The second-order valence-corrected chi connectivity index (χ2v) is 4.59. The van der Waals surface area contributed by atoms with Gasteiger partial charge in [-0.15, -0.1) is 5.11 Å². The number of halogens is 2. The van der Waals surface area contributed by atoms with E-state index in [1.54, 1.807) is 18.2 Å². The molecular weight excluding hydrogens is 308 g/mol. The van der Waals surface area contributed by atoms with Gasteiger partial charge in [-0.2, -0.15) is 0 Å². The largest absolute Gasteiger partial charge is 0.278 e. The Hall–Kier alpha value is -0.720. The van der Waals surface area contributed by atoms with Crippen molar-refractivity contribution in [2.45, 2.75) is 12.8 Å². The summed E-state index contributed by atoms with van der Waals surface area (Å²) in [6.07, 6.45) is 2.29. The van der Waals surface area contributed by atoms with Gasteiger partial charge in [-0.05, 0) is 47.6 Å². The topological polar surface area (TPSA) is 28.0 Å². The van der Waals surface area contributed by atoms with Crippen molar-refractivity contribution in [1.82, 2.24) is 5.01 Å². The number of hydrogen-bond acceptors (Lipinski definition) is 2. The van der Waals surface area contributed by atoms with Gasteiger partial charge in [0.1, 0.15) is 5.69 Å². The van der Waals surface area contributed by atoms with Crippen LogP contribution in [0.3, 0.4) is 0 Å². The minimum Gasteiger partial charge on any atom is -0.278 e. The summed E-state index contributed by atoms with van der Waals surface area (Å²) in [5.74, 6) is -0.291. The van der Waals surface area contributed by atoms with E-state index >= 15 is 0 Å². The summed E-state index contributed by atoms with van der Waals surface area (Å²) < 4.78 is 14.1. The van der Waals surface area contributed by atoms with Gasteiger partial charge >= 0.3 is 0 Å². The van der Waals surface area contributed by atoms with E-state index in [4.69, 9.17) is 0 Å². The summed E-state index contributed by atoms with van der Waals surface area (Å²) in [5.41, 5.74) is 0.314. The second kappa shape index (κ2) is 4.87. The van der Waals surface area contributed by atoms with Crippen molar-refractivity contribution in [3.63, 3.8) is 0 Å². The summed E-state index contributed by atoms with van der Waals surface area (Å²) in [4.78, 5) is 0. The smallest absolute Gasteiger partial charge is 0.164 e. The Kier molecular flexibility index (Phi) is 3.50. The molecule has 1 aliphatic heterocycles. The first kappa shape index (κ1) is 10.8. The van der Waals surface area contributed by atoms with Gasteiger partial charge < -0.3 is 0 Å². The number of rotatable bonds is 2. The molecule has 1 aliphatic rings. The molecular formula is C10H11FIN3. The zero-order valence-electron chi connectivity index (χ0n) is 8.16. The maximum absolute atomic E-state index is 13.5. The Morgan fingerprint density at radius 3 is 2.73 bits per heavy atom. The molecule has 2 rings (SSSR count). The molecule has 1 fully saturated rings.